The highest BCUT2D eigenvalue weighted by Gasteiger charge is 2.38. The number of sulfone groups is 1. The second kappa shape index (κ2) is 5.77. The van der Waals surface area contributed by atoms with Gasteiger partial charge in [0.1, 0.15) is 4.75 Å². The molecule has 118 valence electrons. The lowest BCUT2D eigenvalue weighted by atomic mass is 9.85. The minimum Gasteiger partial charge on any atom is -0.330 e. The molecule has 1 aromatic rings. The number of anilines is 1. The lowest BCUT2D eigenvalue weighted by Gasteiger charge is -2.24. The van der Waals surface area contributed by atoms with Crippen molar-refractivity contribution in [1.82, 2.24) is 0 Å². The first kappa shape index (κ1) is 17.7. The number of rotatable bonds is 5. The standard InChI is InChI=1S/C15H24N2O3S/c1-14(2,10-16)11-6-8-12(9-7-11)17-13(18)15(3,4)21(5,19)20/h6-9H,10,16H2,1-5H3,(H,17,18). The molecule has 0 saturated carbocycles. The summed E-state index contributed by atoms with van der Waals surface area (Å²) in [7, 11) is -3.49. The Morgan fingerprint density at radius 3 is 2.00 bits per heavy atom. The van der Waals surface area contributed by atoms with E-state index >= 15 is 0 Å². The summed E-state index contributed by atoms with van der Waals surface area (Å²) < 4.78 is 21.8. The molecule has 0 aliphatic heterocycles. The maximum absolute atomic E-state index is 12.1. The predicted octanol–water partition coefficient (Wildman–Crippen LogP) is 1.68. The Bertz CT molecular complexity index is 617. The molecule has 0 saturated heterocycles. The van der Waals surface area contributed by atoms with Crippen LogP contribution in [0.3, 0.4) is 0 Å². The van der Waals surface area contributed by atoms with Crippen LogP contribution in [0.25, 0.3) is 0 Å². The minimum absolute atomic E-state index is 0.144. The average Bonchev–Trinajstić information content (AvgIpc) is 2.38. The summed E-state index contributed by atoms with van der Waals surface area (Å²) in [4.78, 5) is 12.1. The maximum Gasteiger partial charge on any atom is 0.245 e. The molecule has 6 heteroatoms. The number of nitrogens with one attached hydrogen (secondary N) is 1. The molecule has 0 radical (unpaired) electrons. The van der Waals surface area contributed by atoms with Crippen LogP contribution in [0, 0.1) is 0 Å². The van der Waals surface area contributed by atoms with Gasteiger partial charge in [0.2, 0.25) is 5.91 Å². The number of hydrogen-bond donors (Lipinski definition) is 2. The molecule has 1 amide bonds. The fourth-order valence-corrected chi connectivity index (χ4v) is 1.96. The van der Waals surface area contributed by atoms with E-state index in [9.17, 15) is 13.2 Å². The highest BCUT2D eigenvalue weighted by atomic mass is 32.2. The van der Waals surface area contributed by atoms with Crippen molar-refractivity contribution in [3.63, 3.8) is 0 Å². The number of amides is 1. The molecule has 1 aromatic carbocycles. The van der Waals surface area contributed by atoms with Gasteiger partial charge in [0.05, 0.1) is 0 Å². The Hall–Kier alpha value is -1.40. The summed E-state index contributed by atoms with van der Waals surface area (Å²) in [5, 5.41) is 2.64. The van der Waals surface area contributed by atoms with Crippen molar-refractivity contribution in [3.8, 4) is 0 Å². The van der Waals surface area contributed by atoms with Gasteiger partial charge in [-0.2, -0.15) is 0 Å². The largest absolute Gasteiger partial charge is 0.330 e. The molecule has 0 heterocycles. The number of benzene rings is 1. The Kier molecular flexibility index (Phi) is 4.85. The summed E-state index contributed by atoms with van der Waals surface area (Å²) in [5.41, 5.74) is 7.21. The van der Waals surface area contributed by atoms with Crippen LogP contribution >= 0.6 is 0 Å². The van der Waals surface area contributed by atoms with E-state index in [1.165, 1.54) is 13.8 Å². The lowest BCUT2D eigenvalue weighted by molar-refractivity contribution is -0.117. The molecule has 0 fully saturated rings. The van der Waals surface area contributed by atoms with Crippen LogP contribution in [0.2, 0.25) is 0 Å². The van der Waals surface area contributed by atoms with E-state index in [0.29, 0.717) is 12.2 Å². The van der Waals surface area contributed by atoms with E-state index in [0.717, 1.165) is 11.8 Å². The van der Waals surface area contributed by atoms with Crippen molar-refractivity contribution in [2.45, 2.75) is 37.9 Å². The third kappa shape index (κ3) is 3.83. The summed E-state index contributed by atoms with van der Waals surface area (Å²) in [5.74, 6) is -0.546. The van der Waals surface area contributed by atoms with Crippen LogP contribution in [0.1, 0.15) is 33.3 Å². The van der Waals surface area contributed by atoms with Gasteiger partial charge < -0.3 is 11.1 Å². The third-order valence-electron chi connectivity index (χ3n) is 3.91. The molecule has 0 aliphatic carbocycles. The first-order chi connectivity index (χ1) is 9.41. The van der Waals surface area contributed by atoms with Crippen LogP contribution in [-0.4, -0.2) is 31.9 Å². The van der Waals surface area contributed by atoms with E-state index in [1.807, 2.05) is 26.0 Å². The first-order valence-electron chi connectivity index (χ1n) is 6.73. The van der Waals surface area contributed by atoms with Gasteiger partial charge >= 0.3 is 0 Å². The van der Waals surface area contributed by atoms with Crippen molar-refractivity contribution in [1.29, 1.82) is 0 Å². The monoisotopic (exact) mass is 312 g/mol. The van der Waals surface area contributed by atoms with Gasteiger partial charge in [-0.15, -0.1) is 0 Å². The van der Waals surface area contributed by atoms with Gasteiger partial charge in [-0.05, 0) is 31.5 Å². The van der Waals surface area contributed by atoms with Gasteiger partial charge in [-0.25, -0.2) is 8.42 Å². The van der Waals surface area contributed by atoms with Gasteiger partial charge in [-0.1, -0.05) is 26.0 Å². The van der Waals surface area contributed by atoms with Gasteiger partial charge in [0, 0.05) is 23.9 Å². The summed E-state index contributed by atoms with van der Waals surface area (Å²) in [6.45, 7) is 7.37. The first-order valence-corrected chi connectivity index (χ1v) is 8.62. The number of nitrogens with two attached hydrogens (primary N) is 1. The van der Waals surface area contributed by atoms with Crippen LogP contribution in [0.4, 0.5) is 5.69 Å². The average molecular weight is 312 g/mol. The number of carbonyl (C=O) groups is 1. The molecule has 0 bridgehead atoms. The molecule has 0 atom stereocenters. The lowest BCUT2D eigenvalue weighted by Crippen LogP contribution is -2.43. The van der Waals surface area contributed by atoms with Crippen molar-refractivity contribution in [2.75, 3.05) is 18.1 Å². The Morgan fingerprint density at radius 2 is 1.62 bits per heavy atom. The van der Waals surface area contributed by atoms with Crippen molar-refractivity contribution < 1.29 is 13.2 Å². The van der Waals surface area contributed by atoms with Gasteiger partial charge in [0.15, 0.2) is 9.84 Å². The molecule has 0 aromatic heterocycles. The van der Waals surface area contributed by atoms with E-state index in [-0.39, 0.29) is 5.41 Å². The normalized spacial score (nSPS) is 13.0. The van der Waals surface area contributed by atoms with Gasteiger partial charge in [0.25, 0.3) is 0 Å². The van der Waals surface area contributed by atoms with Crippen LogP contribution in [0.15, 0.2) is 24.3 Å². The minimum atomic E-state index is -3.49. The fraction of sp³-hybridized carbons (Fsp3) is 0.533. The van der Waals surface area contributed by atoms with E-state index in [1.54, 1.807) is 12.1 Å². The smallest absolute Gasteiger partial charge is 0.245 e. The van der Waals surface area contributed by atoms with E-state index < -0.39 is 20.5 Å². The highest BCUT2D eigenvalue weighted by molar-refractivity contribution is 7.92. The fourth-order valence-electron chi connectivity index (χ4n) is 1.57. The summed E-state index contributed by atoms with van der Waals surface area (Å²) >= 11 is 0. The Balaban J connectivity index is 2.94. The van der Waals surface area contributed by atoms with Gasteiger partial charge in [-0.3, -0.25) is 4.79 Å². The number of hydrogen-bond acceptors (Lipinski definition) is 4. The Labute approximate surface area is 126 Å². The molecule has 0 spiro atoms. The zero-order valence-electron chi connectivity index (χ0n) is 13.2. The molecule has 5 nitrogen and oxygen atoms in total. The molecule has 0 aliphatic rings. The Morgan fingerprint density at radius 1 is 1.14 bits per heavy atom. The second-order valence-electron chi connectivity index (χ2n) is 6.40. The summed E-state index contributed by atoms with van der Waals surface area (Å²) in [6, 6.07) is 7.28. The number of carbonyl (C=O) groups excluding carboxylic acids is 1. The van der Waals surface area contributed by atoms with Crippen LogP contribution in [0.5, 0.6) is 0 Å². The van der Waals surface area contributed by atoms with E-state index in [4.69, 9.17) is 5.73 Å². The zero-order valence-corrected chi connectivity index (χ0v) is 14.0. The SMILES string of the molecule is CC(C)(CN)c1ccc(NC(=O)C(C)(C)S(C)(=O)=O)cc1. The maximum atomic E-state index is 12.1. The van der Waals surface area contributed by atoms with E-state index in [2.05, 4.69) is 5.32 Å². The van der Waals surface area contributed by atoms with Crippen LogP contribution in [-0.2, 0) is 20.0 Å². The molecule has 21 heavy (non-hydrogen) atoms. The topological polar surface area (TPSA) is 89.3 Å². The quantitative estimate of drug-likeness (QED) is 0.865. The highest BCUT2D eigenvalue weighted by Crippen LogP contribution is 2.24. The molecular weight excluding hydrogens is 288 g/mol. The van der Waals surface area contributed by atoms with Crippen molar-refractivity contribution >= 4 is 21.4 Å². The third-order valence-corrected chi connectivity index (χ3v) is 5.95. The summed E-state index contributed by atoms with van der Waals surface area (Å²) in [6.07, 6.45) is 1.06. The molecular formula is C15H24N2O3S. The van der Waals surface area contributed by atoms with Crippen LogP contribution < -0.4 is 11.1 Å². The second-order valence-corrected chi connectivity index (χ2v) is 8.97. The predicted molar refractivity (Wildman–Crippen MR) is 86.1 cm³/mol. The zero-order chi connectivity index (χ0) is 16.5. The molecule has 3 N–H and O–H groups in total. The van der Waals surface area contributed by atoms with Crippen molar-refractivity contribution in [2.24, 2.45) is 5.73 Å². The molecule has 0 unspecified atom stereocenters. The van der Waals surface area contributed by atoms with Crippen molar-refractivity contribution in [3.05, 3.63) is 29.8 Å². The molecule has 1 rings (SSSR count).